The molecule has 1 aromatic carbocycles. The summed E-state index contributed by atoms with van der Waals surface area (Å²) in [6.07, 6.45) is -0.0632. The molecule has 0 fully saturated rings. The maximum atomic E-state index is 12.4. The number of aromatic nitrogens is 1. The van der Waals surface area contributed by atoms with E-state index in [9.17, 15) is 9.18 Å². The molecule has 0 bridgehead atoms. The van der Waals surface area contributed by atoms with E-state index in [1.54, 1.807) is 24.3 Å². The van der Waals surface area contributed by atoms with Crippen LogP contribution in [0.2, 0.25) is 0 Å². The van der Waals surface area contributed by atoms with Crippen molar-refractivity contribution in [1.29, 1.82) is 0 Å². The molecule has 1 aromatic heterocycles. The molecule has 2 rings (SSSR count). The summed E-state index contributed by atoms with van der Waals surface area (Å²) < 4.78 is 23.3. The predicted molar refractivity (Wildman–Crippen MR) is 72.3 cm³/mol. The minimum absolute atomic E-state index is 0.219. The smallest absolute Gasteiger partial charge is 0.344 e. The Kier molecular flexibility index (Phi) is 4.73. The molecule has 1 N–H and O–H groups in total. The Bertz CT molecular complexity index is 588. The average Bonchev–Trinajstić information content (AvgIpc) is 2.93. The van der Waals surface area contributed by atoms with Gasteiger partial charge in [0, 0.05) is 22.5 Å². The number of alkyl halides is 1. The fourth-order valence-electron chi connectivity index (χ4n) is 1.64. The van der Waals surface area contributed by atoms with Crippen LogP contribution in [-0.2, 0) is 4.79 Å². The first-order valence-electron chi connectivity index (χ1n) is 5.77. The molecular formula is C13H11BrFNO4. The average molecular weight is 344 g/mol. The van der Waals surface area contributed by atoms with Gasteiger partial charge in [0.05, 0.1) is 6.67 Å². The Labute approximate surface area is 122 Å². The lowest BCUT2D eigenvalue weighted by Crippen LogP contribution is -2.27. The van der Waals surface area contributed by atoms with Crippen molar-refractivity contribution in [2.75, 3.05) is 6.67 Å². The fraction of sp³-hybridized carbons (Fsp3) is 0.231. The summed E-state index contributed by atoms with van der Waals surface area (Å²) in [5.74, 6) is -0.903. The highest BCUT2D eigenvalue weighted by molar-refractivity contribution is 9.10. The van der Waals surface area contributed by atoms with Gasteiger partial charge in [0.2, 0.25) is 0 Å². The van der Waals surface area contributed by atoms with Crippen LogP contribution in [0, 0.1) is 0 Å². The third kappa shape index (κ3) is 3.36. The van der Waals surface area contributed by atoms with Crippen LogP contribution in [-0.4, -0.2) is 29.0 Å². The van der Waals surface area contributed by atoms with E-state index in [1.807, 2.05) is 0 Å². The molecule has 0 unspecified atom stereocenters. The number of benzene rings is 1. The van der Waals surface area contributed by atoms with Crippen LogP contribution in [0.4, 0.5) is 4.39 Å². The van der Waals surface area contributed by atoms with Crippen molar-refractivity contribution in [2.45, 2.75) is 12.5 Å². The summed E-state index contributed by atoms with van der Waals surface area (Å²) in [5.41, 5.74) is 1.07. The standard InChI is InChI=1S/C13H11BrFNO4/c14-8-1-2-11(20-12(3-5-15)13(17)18)9(7-8)10-4-6-19-16-10/h1-2,4,6-7,12H,3,5H2,(H,17,18)/t12-/m0/s1. The SMILES string of the molecule is O=C(O)[C@H](CCF)Oc1ccc(Br)cc1-c1ccon1. The number of nitrogens with zero attached hydrogens (tertiary/aromatic N) is 1. The molecule has 0 aliphatic carbocycles. The van der Waals surface area contributed by atoms with Gasteiger partial charge in [0.25, 0.3) is 0 Å². The highest BCUT2D eigenvalue weighted by Crippen LogP contribution is 2.32. The van der Waals surface area contributed by atoms with Crippen LogP contribution in [0.25, 0.3) is 11.3 Å². The maximum absolute atomic E-state index is 12.4. The first-order valence-corrected chi connectivity index (χ1v) is 6.57. The molecule has 1 atom stereocenters. The number of carbonyl (C=O) groups is 1. The second-order valence-corrected chi connectivity index (χ2v) is 4.86. The molecule has 20 heavy (non-hydrogen) atoms. The molecule has 106 valence electrons. The quantitative estimate of drug-likeness (QED) is 0.871. The van der Waals surface area contributed by atoms with Gasteiger partial charge in [-0.05, 0) is 18.2 Å². The monoisotopic (exact) mass is 343 g/mol. The second kappa shape index (κ2) is 6.51. The number of carboxylic acid groups (broad SMARTS) is 1. The molecule has 0 aliphatic rings. The van der Waals surface area contributed by atoms with Gasteiger partial charge in [-0.2, -0.15) is 0 Å². The Morgan fingerprint density at radius 2 is 2.30 bits per heavy atom. The Morgan fingerprint density at radius 1 is 1.50 bits per heavy atom. The zero-order valence-electron chi connectivity index (χ0n) is 10.3. The molecule has 0 saturated heterocycles. The van der Waals surface area contributed by atoms with Crippen molar-refractivity contribution in [3.63, 3.8) is 0 Å². The fourth-order valence-corrected chi connectivity index (χ4v) is 2.00. The zero-order valence-corrected chi connectivity index (χ0v) is 11.8. The number of aliphatic carboxylic acids is 1. The summed E-state index contributed by atoms with van der Waals surface area (Å²) in [6, 6.07) is 6.65. The van der Waals surface area contributed by atoms with Gasteiger partial charge in [0.1, 0.15) is 17.7 Å². The van der Waals surface area contributed by atoms with Crippen LogP contribution in [0.3, 0.4) is 0 Å². The molecule has 0 saturated carbocycles. The van der Waals surface area contributed by atoms with Crippen LogP contribution in [0.1, 0.15) is 6.42 Å². The van der Waals surface area contributed by atoms with Gasteiger partial charge in [-0.25, -0.2) is 4.79 Å². The minimum Gasteiger partial charge on any atom is -0.479 e. The van der Waals surface area contributed by atoms with Crippen LogP contribution in [0.15, 0.2) is 39.5 Å². The minimum atomic E-state index is -1.24. The first-order chi connectivity index (χ1) is 9.61. The van der Waals surface area contributed by atoms with Crippen molar-refractivity contribution < 1.29 is 23.6 Å². The summed E-state index contributed by atoms with van der Waals surface area (Å²) in [7, 11) is 0. The summed E-state index contributed by atoms with van der Waals surface area (Å²) in [5, 5.41) is 12.8. The topological polar surface area (TPSA) is 72.6 Å². The Balaban J connectivity index is 2.34. The van der Waals surface area contributed by atoms with E-state index in [-0.39, 0.29) is 6.42 Å². The zero-order chi connectivity index (χ0) is 14.5. The molecule has 0 aliphatic heterocycles. The van der Waals surface area contributed by atoms with Crippen LogP contribution < -0.4 is 4.74 Å². The summed E-state index contributed by atoms with van der Waals surface area (Å²) in [4.78, 5) is 11.0. The molecular weight excluding hydrogens is 333 g/mol. The van der Waals surface area contributed by atoms with Crippen LogP contribution >= 0.6 is 15.9 Å². The largest absolute Gasteiger partial charge is 0.479 e. The molecule has 7 heteroatoms. The number of carboxylic acids is 1. The van der Waals surface area contributed by atoms with E-state index < -0.39 is 18.7 Å². The summed E-state index contributed by atoms with van der Waals surface area (Å²) >= 11 is 3.32. The van der Waals surface area contributed by atoms with E-state index in [0.717, 1.165) is 4.47 Å². The lowest BCUT2D eigenvalue weighted by molar-refractivity contribution is -0.145. The van der Waals surface area contributed by atoms with Crippen molar-refractivity contribution in [3.8, 4) is 17.0 Å². The van der Waals surface area contributed by atoms with E-state index in [0.29, 0.717) is 17.0 Å². The van der Waals surface area contributed by atoms with Crippen LogP contribution in [0.5, 0.6) is 5.75 Å². The van der Waals surface area contributed by atoms with Gasteiger partial charge in [-0.3, -0.25) is 4.39 Å². The summed E-state index contributed by atoms with van der Waals surface area (Å²) in [6.45, 7) is -0.771. The lowest BCUT2D eigenvalue weighted by Gasteiger charge is -2.16. The van der Waals surface area contributed by atoms with Gasteiger partial charge >= 0.3 is 5.97 Å². The molecule has 2 aromatic rings. The molecule has 0 radical (unpaired) electrons. The Hall–Kier alpha value is -1.89. The first kappa shape index (κ1) is 14.5. The normalized spacial score (nSPS) is 12.1. The predicted octanol–water partition coefficient (Wildman–Crippen LogP) is 3.30. The van der Waals surface area contributed by atoms with Crippen molar-refractivity contribution >= 4 is 21.9 Å². The van der Waals surface area contributed by atoms with Crippen molar-refractivity contribution in [2.24, 2.45) is 0 Å². The van der Waals surface area contributed by atoms with E-state index in [2.05, 4.69) is 21.1 Å². The number of ether oxygens (including phenoxy) is 1. The molecule has 0 spiro atoms. The third-order valence-corrected chi connectivity index (χ3v) is 3.06. The van der Waals surface area contributed by atoms with Gasteiger partial charge in [-0.1, -0.05) is 21.1 Å². The number of hydrogen-bond acceptors (Lipinski definition) is 4. The third-order valence-electron chi connectivity index (χ3n) is 2.57. The van der Waals surface area contributed by atoms with E-state index in [4.69, 9.17) is 14.4 Å². The van der Waals surface area contributed by atoms with E-state index in [1.165, 1.54) is 6.26 Å². The van der Waals surface area contributed by atoms with Gasteiger partial charge in [0.15, 0.2) is 6.10 Å². The second-order valence-electron chi connectivity index (χ2n) is 3.95. The molecule has 0 amide bonds. The number of hydrogen-bond donors (Lipinski definition) is 1. The molecule has 1 heterocycles. The number of rotatable bonds is 6. The highest BCUT2D eigenvalue weighted by Gasteiger charge is 2.21. The van der Waals surface area contributed by atoms with Crippen molar-refractivity contribution in [3.05, 3.63) is 35.0 Å². The number of halogens is 2. The van der Waals surface area contributed by atoms with Gasteiger partial charge in [-0.15, -0.1) is 0 Å². The maximum Gasteiger partial charge on any atom is 0.344 e. The lowest BCUT2D eigenvalue weighted by atomic mass is 10.1. The van der Waals surface area contributed by atoms with Crippen molar-refractivity contribution in [1.82, 2.24) is 5.16 Å². The Morgan fingerprint density at radius 3 is 2.90 bits per heavy atom. The van der Waals surface area contributed by atoms with E-state index >= 15 is 0 Å². The highest BCUT2D eigenvalue weighted by atomic mass is 79.9. The molecule has 5 nitrogen and oxygen atoms in total. The van der Waals surface area contributed by atoms with Gasteiger partial charge < -0.3 is 14.4 Å².